The lowest BCUT2D eigenvalue weighted by Crippen LogP contribution is -2.65. The lowest BCUT2D eigenvalue weighted by atomic mass is 9.43. The molecule has 6 nitrogen and oxygen atoms in total. The average Bonchev–Trinajstić information content (AvgIpc) is 3.10. The molecule has 1 aliphatic heterocycles. The lowest BCUT2D eigenvalue weighted by molar-refractivity contribution is -0.199. The van der Waals surface area contributed by atoms with Crippen molar-refractivity contribution in [1.29, 1.82) is 0 Å². The summed E-state index contributed by atoms with van der Waals surface area (Å²) < 4.78 is 40.1. The molecule has 1 heterocycles. The summed E-state index contributed by atoms with van der Waals surface area (Å²) in [6.45, 7) is 10.5. The molecular weight excluding hydrogens is 429 g/mol. The molecule has 4 aliphatic rings. The van der Waals surface area contributed by atoms with Crippen LogP contribution in [0.3, 0.4) is 0 Å². The van der Waals surface area contributed by atoms with E-state index in [2.05, 4.69) is 45.3 Å². The van der Waals surface area contributed by atoms with Gasteiger partial charge in [0.2, 0.25) is 5.91 Å². The van der Waals surface area contributed by atoms with Crippen LogP contribution in [0.4, 0.5) is 8.78 Å². The maximum Gasteiger partial charge on any atom is 0.481 e. The molecule has 1 unspecified atom stereocenters. The van der Waals surface area contributed by atoms with Gasteiger partial charge in [-0.05, 0) is 61.5 Å². The van der Waals surface area contributed by atoms with Crippen molar-refractivity contribution < 1.29 is 27.7 Å². The molecule has 9 heteroatoms. The molecule has 2 bridgehead atoms. The van der Waals surface area contributed by atoms with Crippen LogP contribution < -0.4 is 10.6 Å². The second-order valence-corrected chi connectivity index (χ2v) is 10.9. The fourth-order valence-electron chi connectivity index (χ4n) is 6.01. The van der Waals surface area contributed by atoms with Gasteiger partial charge in [0.05, 0.1) is 29.8 Å². The van der Waals surface area contributed by atoms with E-state index in [0.29, 0.717) is 18.3 Å². The fraction of sp³-hybridized carbons (Fsp3) is 0.667. The first kappa shape index (κ1) is 24.1. The molecule has 1 aromatic carbocycles. The predicted octanol–water partition coefficient (Wildman–Crippen LogP) is 3.49. The Hall–Kier alpha value is -2.00. The molecule has 0 spiro atoms. The number of benzene rings is 1. The maximum atomic E-state index is 13.8. The summed E-state index contributed by atoms with van der Waals surface area (Å²) in [5.74, 6) is -2.72. The minimum atomic E-state index is -1.24. The van der Waals surface area contributed by atoms with E-state index >= 15 is 0 Å². The fourth-order valence-corrected chi connectivity index (χ4v) is 6.01. The van der Waals surface area contributed by atoms with E-state index in [-0.39, 0.29) is 35.5 Å². The number of carbonyl (C=O) groups is 2. The average molecular weight is 462 g/mol. The third-order valence-corrected chi connectivity index (χ3v) is 7.97. The molecule has 0 radical (unpaired) electrons. The first-order valence-corrected chi connectivity index (χ1v) is 11.8. The standard InChI is InChI=1S/C24H33BF2N2O4/c1-13(2)9-19(25-32-18-11-14-10-17(23(14,3)4)24(18,5)33-25)29-20(30)12-28-22(31)15-7-6-8-16(26)21(15)27/h6-8,13-14,17-19H,9-12H2,1-5H3,(H,28,31)(H,29,30)/t14-,17?,18-,19+,24+/m1/s1. The van der Waals surface area contributed by atoms with Crippen LogP contribution in [0.25, 0.3) is 0 Å². The van der Waals surface area contributed by atoms with Crippen molar-refractivity contribution >= 4 is 18.9 Å². The van der Waals surface area contributed by atoms with Gasteiger partial charge in [-0.2, -0.15) is 0 Å². The number of carbonyl (C=O) groups excluding carboxylic acids is 2. The molecule has 3 aliphatic carbocycles. The zero-order valence-electron chi connectivity index (χ0n) is 19.9. The summed E-state index contributed by atoms with van der Waals surface area (Å²) in [7, 11) is -0.571. The van der Waals surface area contributed by atoms with E-state index < -0.39 is 36.1 Å². The molecule has 2 N–H and O–H groups in total. The summed E-state index contributed by atoms with van der Waals surface area (Å²) >= 11 is 0. The number of amides is 2. The molecule has 3 saturated carbocycles. The third-order valence-electron chi connectivity index (χ3n) is 7.97. The van der Waals surface area contributed by atoms with Gasteiger partial charge in [0.15, 0.2) is 11.6 Å². The summed E-state index contributed by atoms with van der Waals surface area (Å²) in [4.78, 5) is 24.9. The highest BCUT2D eigenvalue weighted by Crippen LogP contribution is 2.65. The number of nitrogens with one attached hydrogen (secondary N) is 2. The Morgan fingerprint density at radius 1 is 1.21 bits per heavy atom. The monoisotopic (exact) mass is 462 g/mol. The normalized spacial score (nSPS) is 30.4. The highest BCUT2D eigenvalue weighted by molar-refractivity contribution is 6.47. The number of rotatable bonds is 7. The van der Waals surface area contributed by atoms with Crippen molar-refractivity contribution in [3.63, 3.8) is 0 Å². The molecule has 5 atom stereocenters. The van der Waals surface area contributed by atoms with Gasteiger partial charge in [0.25, 0.3) is 5.91 Å². The minimum Gasteiger partial charge on any atom is -0.404 e. The Kier molecular flexibility index (Phi) is 6.33. The highest BCUT2D eigenvalue weighted by Gasteiger charge is 2.68. The minimum absolute atomic E-state index is 0.00138. The van der Waals surface area contributed by atoms with Gasteiger partial charge in [-0.3, -0.25) is 9.59 Å². The molecular formula is C24H33BF2N2O4. The quantitative estimate of drug-likeness (QED) is 0.609. The molecule has 33 heavy (non-hydrogen) atoms. The topological polar surface area (TPSA) is 76.7 Å². The van der Waals surface area contributed by atoms with Gasteiger partial charge in [-0.1, -0.05) is 33.8 Å². The molecule has 2 amide bonds. The Bertz CT molecular complexity index is 943. The smallest absolute Gasteiger partial charge is 0.404 e. The second-order valence-electron chi connectivity index (χ2n) is 10.9. The van der Waals surface area contributed by atoms with E-state index in [4.69, 9.17) is 9.31 Å². The van der Waals surface area contributed by atoms with Gasteiger partial charge < -0.3 is 19.9 Å². The molecule has 1 aromatic rings. The van der Waals surface area contributed by atoms with E-state index in [1.165, 1.54) is 12.1 Å². The lowest BCUT2D eigenvalue weighted by Gasteiger charge is -2.64. The van der Waals surface area contributed by atoms with Gasteiger partial charge in [0, 0.05) is 0 Å². The third kappa shape index (κ3) is 4.30. The van der Waals surface area contributed by atoms with Gasteiger partial charge in [0.1, 0.15) is 0 Å². The molecule has 180 valence electrons. The summed E-state index contributed by atoms with van der Waals surface area (Å²) in [6, 6.07) is 3.34. The number of hydrogen-bond acceptors (Lipinski definition) is 4. The van der Waals surface area contributed by atoms with Crippen LogP contribution in [-0.4, -0.2) is 43.1 Å². The van der Waals surface area contributed by atoms with Crippen LogP contribution in [0.2, 0.25) is 0 Å². The van der Waals surface area contributed by atoms with Crippen LogP contribution in [-0.2, 0) is 14.1 Å². The summed E-state index contributed by atoms with van der Waals surface area (Å²) in [5.41, 5.74) is -0.606. The van der Waals surface area contributed by atoms with Crippen molar-refractivity contribution in [3.05, 3.63) is 35.4 Å². The van der Waals surface area contributed by atoms with E-state index in [1.54, 1.807) is 0 Å². The Balaban J connectivity index is 1.39. The Morgan fingerprint density at radius 3 is 2.61 bits per heavy atom. The molecule has 1 saturated heterocycles. The van der Waals surface area contributed by atoms with Gasteiger partial charge in [-0.15, -0.1) is 0 Å². The Labute approximate surface area is 194 Å². The van der Waals surface area contributed by atoms with Crippen LogP contribution >= 0.6 is 0 Å². The first-order valence-electron chi connectivity index (χ1n) is 11.8. The number of hydrogen-bond donors (Lipinski definition) is 2. The van der Waals surface area contributed by atoms with E-state index in [1.807, 2.05) is 0 Å². The highest BCUT2D eigenvalue weighted by atomic mass is 19.2. The largest absolute Gasteiger partial charge is 0.481 e. The summed E-state index contributed by atoms with van der Waals surface area (Å²) in [6.07, 6.45) is 2.73. The summed E-state index contributed by atoms with van der Waals surface area (Å²) in [5, 5.41) is 5.29. The van der Waals surface area contributed by atoms with Crippen LogP contribution in [0.5, 0.6) is 0 Å². The second kappa shape index (κ2) is 8.66. The maximum absolute atomic E-state index is 13.8. The van der Waals surface area contributed by atoms with E-state index in [0.717, 1.165) is 18.9 Å². The first-order chi connectivity index (χ1) is 15.4. The van der Waals surface area contributed by atoms with Crippen molar-refractivity contribution in [2.45, 2.75) is 71.5 Å². The zero-order chi connectivity index (χ0) is 24.1. The predicted molar refractivity (Wildman–Crippen MR) is 120 cm³/mol. The Morgan fingerprint density at radius 2 is 1.94 bits per heavy atom. The SMILES string of the molecule is CC(C)C[C@H](NC(=O)CNC(=O)c1cccc(F)c1F)B1O[C@@H]2C[C@H]3CC(C3(C)C)[C@]2(C)O1. The van der Waals surface area contributed by atoms with Crippen LogP contribution in [0.1, 0.15) is 64.2 Å². The van der Waals surface area contributed by atoms with Crippen molar-refractivity contribution in [2.75, 3.05) is 6.54 Å². The van der Waals surface area contributed by atoms with Crippen molar-refractivity contribution in [3.8, 4) is 0 Å². The number of halogens is 2. The van der Waals surface area contributed by atoms with Crippen LogP contribution in [0, 0.1) is 34.8 Å². The van der Waals surface area contributed by atoms with Gasteiger partial charge in [-0.25, -0.2) is 8.78 Å². The zero-order valence-corrected chi connectivity index (χ0v) is 19.9. The van der Waals surface area contributed by atoms with Gasteiger partial charge >= 0.3 is 7.12 Å². The molecule has 5 rings (SSSR count). The van der Waals surface area contributed by atoms with E-state index in [9.17, 15) is 18.4 Å². The van der Waals surface area contributed by atoms with Crippen LogP contribution in [0.15, 0.2) is 18.2 Å². The van der Waals surface area contributed by atoms with Crippen molar-refractivity contribution in [2.24, 2.45) is 23.2 Å². The van der Waals surface area contributed by atoms with Crippen molar-refractivity contribution in [1.82, 2.24) is 10.6 Å². The molecule has 0 aromatic heterocycles. The molecule has 4 fully saturated rings.